The lowest BCUT2D eigenvalue weighted by Gasteiger charge is -2.21. The number of rotatable bonds is 9. The number of ether oxygens (including phenoxy) is 1. The molecule has 0 bridgehead atoms. The van der Waals surface area contributed by atoms with E-state index >= 15 is 0 Å². The van der Waals surface area contributed by atoms with Crippen molar-refractivity contribution in [1.82, 2.24) is 9.97 Å². The van der Waals surface area contributed by atoms with Gasteiger partial charge in [0.05, 0.1) is 12.0 Å². The van der Waals surface area contributed by atoms with Crippen LogP contribution >= 0.6 is 11.8 Å². The summed E-state index contributed by atoms with van der Waals surface area (Å²) in [5.41, 5.74) is -3.85. The first kappa shape index (κ1) is 26.5. The Kier molecular flexibility index (Phi) is 8.37. The molecule has 1 aromatic heterocycles. The monoisotopic (exact) mass is 508 g/mol. The fraction of sp³-hybridized carbons (Fsp3) is 0.320. The van der Waals surface area contributed by atoms with Crippen molar-refractivity contribution < 1.29 is 27.1 Å². The summed E-state index contributed by atoms with van der Waals surface area (Å²) in [4.78, 5) is 31.6. The average Bonchev–Trinajstić information content (AvgIpc) is 2.78. The van der Waals surface area contributed by atoms with Crippen molar-refractivity contribution >= 4 is 17.5 Å². The van der Waals surface area contributed by atoms with Gasteiger partial charge >= 0.3 is 5.51 Å². The Labute approximate surface area is 203 Å². The molecule has 2 aromatic carbocycles. The van der Waals surface area contributed by atoms with Crippen LogP contribution < -0.4 is 10.3 Å². The van der Waals surface area contributed by atoms with Gasteiger partial charge in [0, 0.05) is 18.9 Å². The fourth-order valence-corrected chi connectivity index (χ4v) is 4.21. The van der Waals surface area contributed by atoms with Crippen molar-refractivity contribution in [3.8, 4) is 5.75 Å². The summed E-state index contributed by atoms with van der Waals surface area (Å²) in [6.45, 7) is 3.66. The molecule has 1 atom stereocenters. The van der Waals surface area contributed by atoms with Gasteiger partial charge in [-0.05, 0) is 59.0 Å². The van der Waals surface area contributed by atoms with Gasteiger partial charge < -0.3 is 9.72 Å². The molecule has 1 N–H and O–H groups in total. The summed E-state index contributed by atoms with van der Waals surface area (Å²) < 4.78 is 57.3. The van der Waals surface area contributed by atoms with Crippen molar-refractivity contribution in [3.63, 3.8) is 0 Å². The number of methoxy groups -OCH3 is 1. The molecule has 35 heavy (non-hydrogen) atoms. The highest BCUT2D eigenvalue weighted by atomic mass is 32.2. The maximum absolute atomic E-state index is 14.4. The van der Waals surface area contributed by atoms with Crippen LogP contribution in [-0.2, 0) is 6.42 Å². The predicted octanol–water partition coefficient (Wildman–Crippen LogP) is 6.13. The highest BCUT2D eigenvalue weighted by Gasteiger charge is 2.31. The first-order valence-electron chi connectivity index (χ1n) is 10.8. The molecule has 186 valence electrons. The number of aromatic nitrogens is 2. The van der Waals surface area contributed by atoms with Gasteiger partial charge in [0.1, 0.15) is 23.1 Å². The van der Waals surface area contributed by atoms with Crippen LogP contribution in [0.5, 0.6) is 5.75 Å². The third-order valence-corrected chi connectivity index (χ3v) is 6.21. The summed E-state index contributed by atoms with van der Waals surface area (Å²) in [5, 5.41) is 0. The lowest BCUT2D eigenvalue weighted by molar-refractivity contribution is -0.0329. The second-order valence-electron chi connectivity index (χ2n) is 8.32. The summed E-state index contributed by atoms with van der Waals surface area (Å²) >= 11 is -0.524. The molecule has 5 nitrogen and oxygen atoms in total. The van der Waals surface area contributed by atoms with E-state index in [2.05, 4.69) is 9.97 Å². The number of halogens is 4. The minimum Gasteiger partial charge on any atom is -0.497 e. The number of alkyl halides is 3. The summed E-state index contributed by atoms with van der Waals surface area (Å²) in [6, 6.07) is 11.8. The number of ketones is 1. The fourth-order valence-electron chi connectivity index (χ4n) is 3.67. The second-order valence-corrected chi connectivity index (χ2v) is 9.42. The molecule has 1 heterocycles. The van der Waals surface area contributed by atoms with Crippen LogP contribution in [0.25, 0.3) is 0 Å². The summed E-state index contributed by atoms with van der Waals surface area (Å²) in [5.74, 6) is -1.03. The van der Waals surface area contributed by atoms with Gasteiger partial charge in [0.2, 0.25) is 0 Å². The third kappa shape index (κ3) is 7.42. The van der Waals surface area contributed by atoms with Crippen LogP contribution in [0.4, 0.5) is 17.6 Å². The molecule has 0 saturated carbocycles. The number of benzene rings is 2. The maximum Gasteiger partial charge on any atom is 0.446 e. The SMILES string of the molecule is COc1ccc(Cc2nc(C(=O)C[C@@H](c3ccc(SC(F)(F)F)c(F)c3)C(C)C)cc(=O)[nH]2)cc1. The first-order chi connectivity index (χ1) is 16.4. The average molecular weight is 509 g/mol. The van der Waals surface area contributed by atoms with Crippen LogP contribution in [0.15, 0.2) is 58.2 Å². The Hall–Kier alpha value is -3.14. The number of nitrogens with zero attached hydrogens (tertiary/aromatic N) is 1. The van der Waals surface area contributed by atoms with Gasteiger partial charge in [0.15, 0.2) is 5.78 Å². The van der Waals surface area contributed by atoms with Crippen molar-refractivity contribution in [3.05, 3.63) is 87.3 Å². The Morgan fingerprint density at radius 1 is 1.11 bits per heavy atom. The lowest BCUT2D eigenvalue weighted by atomic mass is 9.84. The molecule has 0 spiro atoms. The maximum atomic E-state index is 14.4. The lowest BCUT2D eigenvalue weighted by Crippen LogP contribution is -2.19. The van der Waals surface area contributed by atoms with E-state index in [0.29, 0.717) is 17.1 Å². The van der Waals surface area contributed by atoms with Gasteiger partial charge in [-0.3, -0.25) is 9.59 Å². The molecule has 3 aromatic rings. The van der Waals surface area contributed by atoms with E-state index in [1.165, 1.54) is 6.07 Å². The molecule has 0 unspecified atom stereocenters. The Balaban J connectivity index is 1.81. The smallest absolute Gasteiger partial charge is 0.446 e. The van der Waals surface area contributed by atoms with Crippen molar-refractivity contribution in [2.24, 2.45) is 5.92 Å². The van der Waals surface area contributed by atoms with Gasteiger partial charge in [-0.15, -0.1) is 0 Å². The molecule has 0 saturated heterocycles. The zero-order chi connectivity index (χ0) is 25.8. The van der Waals surface area contributed by atoms with Crippen LogP contribution in [0.3, 0.4) is 0 Å². The topological polar surface area (TPSA) is 72.0 Å². The van der Waals surface area contributed by atoms with Crippen molar-refractivity contribution in [2.45, 2.75) is 43.0 Å². The zero-order valence-corrected chi connectivity index (χ0v) is 20.1. The molecular weight excluding hydrogens is 484 g/mol. The number of carbonyl (C=O) groups is 1. The van der Waals surface area contributed by atoms with Gasteiger partial charge in [-0.1, -0.05) is 32.0 Å². The molecule has 0 aliphatic carbocycles. The number of nitrogens with one attached hydrogen (secondary N) is 1. The van der Waals surface area contributed by atoms with Gasteiger partial charge in [-0.2, -0.15) is 13.2 Å². The number of carbonyl (C=O) groups excluding carboxylic acids is 1. The molecule has 10 heteroatoms. The molecule has 0 fully saturated rings. The highest BCUT2D eigenvalue weighted by Crippen LogP contribution is 2.39. The van der Waals surface area contributed by atoms with E-state index in [1.807, 2.05) is 26.0 Å². The molecule has 0 amide bonds. The quantitative estimate of drug-likeness (QED) is 0.214. The standard InChI is InChI=1S/C25H24F4N2O3S/c1-14(2)18(16-6-9-22(19(26)11-16)35-25(27,28)29)12-21(32)20-13-24(33)31-23(30-20)10-15-4-7-17(34-3)8-5-15/h4-9,11,13-14,18H,10,12H2,1-3H3,(H,30,31,33)/t18-/m1/s1. The van der Waals surface area contributed by atoms with E-state index in [0.717, 1.165) is 23.8 Å². The largest absolute Gasteiger partial charge is 0.497 e. The number of thioether (sulfide) groups is 1. The summed E-state index contributed by atoms with van der Waals surface area (Å²) in [6.07, 6.45) is 0.207. The minimum atomic E-state index is -4.61. The number of Topliss-reactive ketones (excluding diaryl/α,β-unsaturated/α-hetero) is 1. The first-order valence-corrected chi connectivity index (χ1v) is 11.6. The van der Waals surface area contributed by atoms with E-state index in [4.69, 9.17) is 4.74 Å². The number of hydrogen-bond donors (Lipinski definition) is 1. The van der Waals surface area contributed by atoms with E-state index in [9.17, 15) is 27.2 Å². The second kappa shape index (κ2) is 11.1. The predicted molar refractivity (Wildman–Crippen MR) is 125 cm³/mol. The minimum absolute atomic E-state index is 0.0207. The highest BCUT2D eigenvalue weighted by molar-refractivity contribution is 8.00. The molecule has 0 aliphatic heterocycles. The third-order valence-electron chi connectivity index (χ3n) is 5.43. The van der Waals surface area contributed by atoms with E-state index < -0.39 is 45.2 Å². The zero-order valence-electron chi connectivity index (χ0n) is 19.3. The summed E-state index contributed by atoms with van der Waals surface area (Å²) in [7, 11) is 1.55. The van der Waals surface area contributed by atoms with E-state index in [-0.39, 0.29) is 24.5 Å². The Morgan fingerprint density at radius 3 is 2.37 bits per heavy atom. The van der Waals surface area contributed by atoms with E-state index in [1.54, 1.807) is 19.2 Å². The van der Waals surface area contributed by atoms with Crippen LogP contribution in [0.1, 0.15) is 53.6 Å². The molecular formula is C25H24F4N2O3S. The Bertz CT molecular complexity index is 1240. The molecule has 0 radical (unpaired) electrons. The molecule has 0 aliphatic rings. The number of aromatic amines is 1. The number of H-pyrrole nitrogens is 1. The van der Waals surface area contributed by atoms with Crippen LogP contribution in [-0.4, -0.2) is 28.4 Å². The Morgan fingerprint density at radius 2 is 1.80 bits per heavy atom. The van der Waals surface area contributed by atoms with Gasteiger partial charge in [0.25, 0.3) is 5.56 Å². The number of hydrogen-bond acceptors (Lipinski definition) is 5. The van der Waals surface area contributed by atoms with Crippen LogP contribution in [0, 0.1) is 11.7 Å². The normalized spacial score (nSPS) is 12.6. The molecule has 3 rings (SSSR count). The van der Waals surface area contributed by atoms with Gasteiger partial charge in [-0.25, -0.2) is 9.37 Å². The van der Waals surface area contributed by atoms with Crippen LogP contribution in [0.2, 0.25) is 0 Å². The van der Waals surface area contributed by atoms with Crippen molar-refractivity contribution in [1.29, 1.82) is 0 Å². The van der Waals surface area contributed by atoms with Crippen molar-refractivity contribution in [2.75, 3.05) is 7.11 Å².